The Bertz CT molecular complexity index is 542. The van der Waals surface area contributed by atoms with Gasteiger partial charge in [-0.15, -0.1) is 0 Å². The maximum atomic E-state index is 12.9. The molecule has 0 aliphatic heterocycles. The fourth-order valence-corrected chi connectivity index (χ4v) is 3.24. The van der Waals surface area contributed by atoms with Crippen molar-refractivity contribution in [2.45, 2.75) is 32.0 Å². The smallest absolute Gasteiger partial charge is 0.123 e. The molecule has 0 bridgehead atoms. The summed E-state index contributed by atoms with van der Waals surface area (Å²) in [5.41, 5.74) is 3.50. The first-order valence-corrected chi connectivity index (χ1v) is 6.85. The first-order valence-electron chi connectivity index (χ1n) is 5.94. The Hall–Kier alpha value is -1.09. The number of benzene rings is 1. The Morgan fingerprint density at radius 3 is 2.22 bits per heavy atom. The van der Waals surface area contributed by atoms with Crippen molar-refractivity contribution in [1.29, 1.82) is 0 Å². The molecule has 0 fully saturated rings. The van der Waals surface area contributed by atoms with Gasteiger partial charge in [0.15, 0.2) is 0 Å². The monoisotopic (exact) mass is 310 g/mol. The number of rotatable bonds is 3. The Morgan fingerprint density at radius 2 is 1.72 bits per heavy atom. The maximum absolute atomic E-state index is 12.9. The van der Waals surface area contributed by atoms with Crippen LogP contribution in [-0.2, 0) is 6.42 Å². The molecule has 96 valence electrons. The fraction of sp³-hybridized carbons (Fsp3) is 0.333. The molecule has 3 heteroatoms. The van der Waals surface area contributed by atoms with Gasteiger partial charge < -0.3 is 4.42 Å². The van der Waals surface area contributed by atoms with E-state index in [0.717, 1.165) is 23.5 Å². The third kappa shape index (κ3) is 2.66. The Balaban J connectivity index is 2.21. The van der Waals surface area contributed by atoms with E-state index < -0.39 is 0 Å². The molecule has 18 heavy (non-hydrogen) atoms. The first-order chi connectivity index (χ1) is 8.49. The number of halogens is 2. The van der Waals surface area contributed by atoms with E-state index in [0.29, 0.717) is 0 Å². The zero-order chi connectivity index (χ0) is 13.3. The van der Waals surface area contributed by atoms with Crippen LogP contribution in [0.3, 0.4) is 0 Å². The van der Waals surface area contributed by atoms with Crippen molar-refractivity contribution in [3.8, 4) is 0 Å². The quantitative estimate of drug-likeness (QED) is 0.725. The van der Waals surface area contributed by atoms with Crippen LogP contribution < -0.4 is 0 Å². The molecule has 0 aliphatic carbocycles. The van der Waals surface area contributed by atoms with Crippen LogP contribution in [0.5, 0.6) is 0 Å². The Labute approximate surface area is 115 Å². The molecular weight excluding hydrogens is 295 g/mol. The molecule has 1 unspecified atom stereocenters. The van der Waals surface area contributed by atoms with Gasteiger partial charge in [0.05, 0.1) is 0 Å². The number of alkyl halides is 1. The van der Waals surface area contributed by atoms with E-state index in [-0.39, 0.29) is 10.6 Å². The predicted molar refractivity (Wildman–Crippen MR) is 74.7 cm³/mol. The lowest BCUT2D eigenvalue weighted by Crippen LogP contribution is -1.98. The molecule has 1 aromatic heterocycles. The van der Waals surface area contributed by atoms with Gasteiger partial charge in [-0.3, -0.25) is 0 Å². The van der Waals surface area contributed by atoms with Gasteiger partial charge in [-0.25, -0.2) is 4.39 Å². The summed E-state index contributed by atoms with van der Waals surface area (Å²) in [6.45, 7) is 6.03. The summed E-state index contributed by atoms with van der Waals surface area (Å²) in [5.74, 6) is 1.72. The molecule has 0 saturated carbocycles. The highest BCUT2D eigenvalue weighted by molar-refractivity contribution is 9.09. The van der Waals surface area contributed by atoms with Crippen molar-refractivity contribution in [3.05, 3.63) is 58.3 Å². The van der Waals surface area contributed by atoms with Gasteiger partial charge in [0.25, 0.3) is 0 Å². The zero-order valence-electron chi connectivity index (χ0n) is 10.8. The summed E-state index contributed by atoms with van der Waals surface area (Å²) in [7, 11) is 0. The van der Waals surface area contributed by atoms with Crippen LogP contribution in [-0.4, -0.2) is 0 Å². The molecule has 2 aromatic rings. The normalized spacial score (nSPS) is 12.7. The summed E-state index contributed by atoms with van der Waals surface area (Å²) >= 11 is 3.70. The zero-order valence-corrected chi connectivity index (χ0v) is 12.3. The van der Waals surface area contributed by atoms with Gasteiger partial charge in [-0.05, 0) is 50.5 Å². The predicted octanol–water partition coefficient (Wildman–Crippen LogP) is 5.02. The molecule has 0 aliphatic rings. The third-order valence-corrected chi connectivity index (χ3v) is 4.04. The van der Waals surface area contributed by atoms with Crippen molar-refractivity contribution in [2.75, 3.05) is 0 Å². The van der Waals surface area contributed by atoms with Gasteiger partial charge in [0, 0.05) is 10.4 Å². The summed E-state index contributed by atoms with van der Waals surface area (Å²) in [6.07, 6.45) is 0.820. The fourth-order valence-electron chi connectivity index (χ4n) is 2.20. The standard InChI is InChI=1S/C15H16BrFO/c1-9-10(2)18-11(3)15(9)14(16)8-12-4-6-13(17)7-5-12/h4-7,14H,8H2,1-3H3. The molecular formula is C15H16BrFO. The first kappa shape index (κ1) is 13.3. The van der Waals surface area contributed by atoms with E-state index in [4.69, 9.17) is 4.42 Å². The van der Waals surface area contributed by atoms with Crippen LogP contribution >= 0.6 is 15.9 Å². The third-order valence-electron chi connectivity index (χ3n) is 3.26. The number of hydrogen-bond acceptors (Lipinski definition) is 1. The molecule has 1 atom stereocenters. The van der Waals surface area contributed by atoms with Gasteiger partial charge in [0.2, 0.25) is 0 Å². The molecule has 0 saturated heterocycles. The van der Waals surface area contributed by atoms with Crippen molar-refractivity contribution in [1.82, 2.24) is 0 Å². The SMILES string of the molecule is Cc1oc(C)c(C(Br)Cc2ccc(F)cc2)c1C. The van der Waals surface area contributed by atoms with Crippen LogP contribution in [0.4, 0.5) is 4.39 Å². The Morgan fingerprint density at radius 1 is 1.11 bits per heavy atom. The summed E-state index contributed by atoms with van der Waals surface area (Å²) in [5, 5.41) is 0. The van der Waals surface area contributed by atoms with Crippen LogP contribution in [0.15, 0.2) is 28.7 Å². The van der Waals surface area contributed by atoms with Crippen molar-refractivity contribution < 1.29 is 8.81 Å². The van der Waals surface area contributed by atoms with Crippen LogP contribution in [0, 0.1) is 26.6 Å². The van der Waals surface area contributed by atoms with Gasteiger partial charge in [-0.1, -0.05) is 28.1 Å². The molecule has 0 amide bonds. The second-order valence-electron chi connectivity index (χ2n) is 4.55. The number of aryl methyl sites for hydroxylation is 2. The van der Waals surface area contributed by atoms with E-state index in [1.807, 2.05) is 26.0 Å². The minimum absolute atomic E-state index is 0.195. The van der Waals surface area contributed by atoms with Crippen LogP contribution in [0.1, 0.15) is 33.0 Å². The molecule has 1 heterocycles. The number of furan rings is 1. The highest BCUT2D eigenvalue weighted by atomic mass is 79.9. The van der Waals surface area contributed by atoms with E-state index in [1.54, 1.807) is 0 Å². The number of hydrogen-bond donors (Lipinski definition) is 0. The highest BCUT2D eigenvalue weighted by Crippen LogP contribution is 2.34. The summed E-state index contributed by atoms with van der Waals surface area (Å²) < 4.78 is 18.5. The topological polar surface area (TPSA) is 13.1 Å². The van der Waals surface area contributed by atoms with Gasteiger partial charge >= 0.3 is 0 Å². The van der Waals surface area contributed by atoms with E-state index in [9.17, 15) is 4.39 Å². The molecule has 0 radical (unpaired) electrons. The lowest BCUT2D eigenvalue weighted by molar-refractivity contribution is 0.499. The molecule has 1 nitrogen and oxygen atoms in total. The highest BCUT2D eigenvalue weighted by Gasteiger charge is 2.19. The molecule has 2 rings (SSSR count). The van der Waals surface area contributed by atoms with Gasteiger partial charge in [-0.2, -0.15) is 0 Å². The Kier molecular flexibility index (Phi) is 3.91. The minimum Gasteiger partial charge on any atom is -0.466 e. The average molecular weight is 311 g/mol. The minimum atomic E-state index is -0.198. The lowest BCUT2D eigenvalue weighted by Gasteiger charge is -2.10. The van der Waals surface area contributed by atoms with E-state index in [1.165, 1.54) is 23.3 Å². The van der Waals surface area contributed by atoms with Crippen LogP contribution in [0.25, 0.3) is 0 Å². The molecule has 0 N–H and O–H groups in total. The summed E-state index contributed by atoms with van der Waals surface area (Å²) in [6, 6.07) is 6.63. The lowest BCUT2D eigenvalue weighted by atomic mass is 10.0. The van der Waals surface area contributed by atoms with Gasteiger partial charge in [0.1, 0.15) is 17.3 Å². The van der Waals surface area contributed by atoms with E-state index in [2.05, 4.69) is 22.9 Å². The van der Waals surface area contributed by atoms with E-state index >= 15 is 0 Å². The van der Waals surface area contributed by atoms with Crippen LogP contribution in [0.2, 0.25) is 0 Å². The molecule has 1 aromatic carbocycles. The average Bonchev–Trinajstić information content (AvgIpc) is 2.56. The largest absolute Gasteiger partial charge is 0.466 e. The van der Waals surface area contributed by atoms with Crippen molar-refractivity contribution in [2.24, 2.45) is 0 Å². The maximum Gasteiger partial charge on any atom is 0.123 e. The second kappa shape index (κ2) is 5.27. The van der Waals surface area contributed by atoms with Crippen molar-refractivity contribution in [3.63, 3.8) is 0 Å². The molecule has 0 spiro atoms. The summed E-state index contributed by atoms with van der Waals surface area (Å²) in [4.78, 5) is 0.195. The second-order valence-corrected chi connectivity index (χ2v) is 5.66. The van der Waals surface area contributed by atoms with Crippen molar-refractivity contribution >= 4 is 15.9 Å².